The first-order chi connectivity index (χ1) is 7.29. The van der Waals surface area contributed by atoms with E-state index in [2.05, 4.69) is 15.1 Å². The van der Waals surface area contributed by atoms with Gasteiger partial charge in [0.05, 0.1) is 0 Å². The fourth-order valence-corrected chi connectivity index (χ4v) is 1.05. The van der Waals surface area contributed by atoms with Crippen molar-refractivity contribution in [1.82, 2.24) is 19.6 Å². The summed E-state index contributed by atoms with van der Waals surface area (Å²) in [5.74, 6) is 0.864. The number of nitrogens with zero attached hydrogens (tertiary/aromatic N) is 4. The van der Waals surface area contributed by atoms with E-state index in [1.54, 1.807) is 10.7 Å². The molecule has 0 amide bonds. The van der Waals surface area contributed by atoms with Crippen LogP contribution in [0.1, 0.15) is 39.1 Å². The van der Waals surface area contributed by atoms with E-state index in [9.17, 15) is 0 Å². The van der Waals surface area contributed by atoms with Gasteiger partial charge < -0.3 is 0 Å². The molecule has 2 rings (SSSR count). The van der Waals surface area contributed by atoms with Crippen LogP contribution in [-0.4, -0.2) is 19.6 Å². The fourth-order valence-electron chi connectivity index (χ4n) is 1.05. The summed E-state index contributed by atoms with van der Waals surface area (Å²) in [6.45, 7) is 11.9. The molecule has 0 aliphatic carbocycles. The van der Waals surface area contributed by atoms with Gasteiger partial charge in [0.2, 0.25) is 0 Å². The molecule has 0 radical (unpaired) electrons. The van der Waals surface area contributed by atoms with Crippen LogP contribution in [0.25, 0.3) is 5.65 Å². The van der Waals surface area contributed by atoms with Gasteiger partial charge in [-0.25, -0.2) is 9.97 Å². The van der Waals surface area contributed by atoms with Crippen LogP contribution in [0.4, 0.5) is 0 Å². The quantitative estimate of drug-likeness (QED) is 0.668. The van der Waals surface area contributed by atoms with Gasteiger partial charge in [-0.3, -0.25) is 0 Å². The molecule has 0 saturated heterocycles. The molecule has 0 N–H and O–H groups in total. The van der Waals surface area contributed by atoms with Crippen molar-refractivity contribution in [1.29, 1.82) is 0 Å². The van der Waals surface area contributed by atoms with Gasteiger partial charge in [-0.2, -0.15) is 9.61 Å². The van der Waals surface area contributed by atoms with Gasteiger partial charge in [0.25, 0.3) is 0 Å². The highest BCUT2D eigenvalue weighted by molar-refractivity contribution is 5.43. The summed E-state index contributed by atoms with van der Waals surface area (Å²) in [4.78, 5) is 8.23. The Kier molecular flexibility index (Phi) is 6.25. The van der Waals surface area contributed by atoms with Gasteiger partial charge in [0, 0.05) is 11.8 Å². The minimum Gasteiger partial charge on any atom is -0.241 e. The van der Waals surface area contributed by atoms with E-state index in [-0.39, 0.29) is 0 Å². The summed E-state index contributed by atoms with van der Waals surface area (Å²) in [6, 6.07) is 0. The van der Waals surface area contributed by atoms with Crippen LogP contribution in [0.15, 0.2) is 12.5 Å². The highest BCUT2D eigenvalue weighted by Gasteiger charge is 2.00. The second kappa shape index (κ2) is 6.92. The third kappa shape index (κ3) is 3.01. The van der Waals surface area contributed by atoms with Gasteiger partial charge in [0.1, 0.15) is 12.2 Å². The zero-order chi connectivity index (χ0) is 11.8. The summed E-state index contributed by atoms with van der Waals surface area (Å²) >= 11 is 0. The second-order valence-electron chi connectivity index (χ2n) is 2.48. The minimum atomic E-state index is 0.864. The number of hydrogen-bond acceptors (Lipinski definition) is 3. The molecule has 0 bridgehead atoms. The zero-order valence-corrected chi connectivity index (χ0v) is 10.4. The first-order valence-electron chi connectivity index (χ1n) is 5.41. The lowest BCUT2D eigenvalue weighted by Gasteiger charge is -1.97. The van der Waals surface area contributed by atoms with Gasteiger partial charge in [0.15, 0.2) is 5.65 Å². The van der Waals surface area contributed by atoms with Crippen LogP contribution in [-0.2, 0) is 0 Å². The average Bonchev–Trinajstić information content (AvgIpc) is 2.79. The van der Waals surface area contributed by atoms with E-state index in [0.717, 1.165) is 17.0 Å². The van der Waals surface area contributed by atoms with E-state index in [4.69, 9.17) is 0 Å². The number of rotatable bonds is 0. The molecule has 0 aromatic carbocycles. The number of aryl methyl sites for hydroxylation is 2. The molecule has 4 heteroatoms. The van der Waals surface area contributed by atoms with Gasteiger partial charge in [-0.1, -0.05) is 27.7 Å². The molecule has 15 heavy (non-hydrogen) atoms. The topological polar surface area (TPSA) is 43.1 Å². The Bertz CT molecular complexity index is 356. The Hall–Kier alpha value is -1.45. The van der Waals surface area contributed by atoms with Crippen molar-refractivity contribution in [2.45, 2.75) is 41.5 Å². The van der Waals surface area contributed by atoms with Crippen LogP contribution in [0, 0.1) is 13.8 Å². The van der Waals surface area contributed by atoms with Crippen LogP contribution in [0.5, 0.6) is 0 Å². The van der Waals surface area contributed by atoms with Crippen LogP contribution >= 0.6 is 0 Å². The Morgan fingerprint density at radius 1 is 1.00 bits per heavy atom. The molecule has 2 aromatic rings. The monoisotopic (exact) mass is 208 g/mol. The fraction of sp³-hybridized carbons (Fsp3) is 0.545. The van der Waals surface area contributed by atoms with Crippen molar-refractivity contribution in [2.75, 3.05) is 0 Å². The molecule has 0 spiro atoms. The van der Waals surface area contributed by atoms with E-state index >= 15 is 0 Å². The van der Waals surface area contributed by atoms with Crippen molar-refractivity contribution in [3.05, 3.63) is 23.9 Å². The summed E-state index contributed by atoms with van der Waals surface area (Å²) < 4.78 is 1.73. The maximum absolute atomic E-state index is 4.14. The Morgan fingerprint density at radius 3 is 2.13 bits per heavy atom. The minimum absolute atomic E-state index is 0.864. The maximum Gasteiger partial charge on any atom is 0.161 e. The Labute approximate surface area is 91.4 Å². The predicted octanol–water partition coefficient (Wildman–Crippen LogP) is 2.79. The molecule has 2 heterocycles. The highest BCUT2D eigenvalue weighted by Crippen LogP contribution is 2.04. The van der Waals surface area contributed by atoms with Crippen LogP contribution in [0.3, 0.4) is 0 Å². The molecule has 84 valence electrons. The number of aromatic nitrogens is 4. The SMILES string of the molecule is CC.CC.Cc1cnc(C)n2ncnc12. The van der Waals surface area contributed by atoms with Gasteiger partial charge >= 0.3 is 0 Å². The first kappa shape index (κ1) is 13.5. The molecule has 2 aromatic heterocycles. The highest BCUT2D eigenvalue weighted by atomic mass is 15.3. The predicted molar refractivity (Wildman–Crippen MR) is 63.0 cm³/mol. The molecule has 4 nitrogen and oxygen atoms in total. The van der Waals surface area contributed by atoms with Crippen molar-refractivity contribution in [3.63, 3.8) is 0 Å². The molecule has 0 aliphatic rings. The maximum atomic E-state index is 4.14. The van der Waals surface area contributed by atoms with Crippen molar-refractivity contribution in [2.24, 2.45) is 0 Å². The third-order valence-corrected chi connectivity index (χ3v) is 1.65. The molecule has 0 fully saturated rings. The summed E-state index contributed by atoms with van der Waals surface area (Å²) in [7, 11) is 0. The van der Waals surface area contributed by atoms with Crippen molar-refractivity contribution < 1.29 is 0 Å². The third-order valence-electron chi connectivity index (χ3n) is 1.65. The molecular weight excluding hydrogens is 188 g/mol. The molecule has 0 aliphatic heterocycles. The van der Waals surface area contributed by atoms with Gasteiger partial charge in [-0.05, 0) is 13.8 Å². The van der Waals surface area contributed by atoms with Crippen molar-refractivity contribution >= 4 is 5.65 Å². The van der Waals surface area contributed by atoms with E-state index in [1.165, 1.54) is 6.33 Å². The summed E-state index contributed by atoms with van der Waals surface area (Å²) in [5, 5.41) is 4.02. The molecule has 0 atom stereocenters. The molecule has 0 unspecified atom stereocenters. The first-order valence-corrected chi connectivity index (χ1v) is 5.41. The van der Waals surface area contributed by atoms with Crippen LogP contribution in [0.2, 0.25) is 0 Å². The lowest BCUT2D eigenvalue weighted by Crippen LogP contribution is -1.97. The lowest BCUT2D eigenvalue weighted by atomic mass is 10.4. The second-order valence-corrected chi connectivity index (χ2v) is 2.48. The lowest BCUT2D eigenvalue weighted by molar-refractivity contribution is 0.857. The Morgan fingerprint density at radius 2 is 1.60 bits per heavy atom. The van der Waals surface area contributed by atoms with Gasteiger partial charge in [-0.15, -0.1) is 0 Å². The Balaban J connectivity index is 0.000000442. The normalized spacial score (nSPS) is 8.67. The van der Waals surface area contributed by atoms with Crippen molar-refractivity contribution in [3.8, 4) is 0 Å². The molecular formula is C11H20N4. The van der Waals surface area contributed by atoms with E-state index in [1.807, 2.05) is 41.5 Å². The zero-order valence-electron chi connectivity index (χ0n) is 10.4. The van der Waals surface area contributed by atoms with E-state index in [0.29, 0.717) is 0 Å². The standard InChI is InChI=1S/C7H8N4.2C2H6/c1-5-3-8-6(2)11-7(5)9-4-10-11;2*1-2/h3-4H,1-2H3;2*1-2H3. The number of fused-ring (bicyclic) bond motifs is 1. The average molecular weight is 208 g/mol. The number of hydrogen-bond donors (Lipinski definition) is 0. The molecule has 0 saturated carbocycles. The van der Waals surface area contributed by atoms with Crippen LogP contribution < -0.4 is 0 Å². The summed E-state index contributed by atoms with van der Waals surface area (Å²) in [6.07, 6.45) is 3.34. The largest absolute Gasteiger partial charge is 0.241 e. The summed E-state index contributed by atoms with van der Waals surface area (Å²) in [5.41, 5.74) is 1.94. The smallest absolute Gasteiger partial charge is 0.161 e. The van der Waals surface area contributed by atoms with E-state index < -0.39 is 0 Å².